The Morgan fingerprint density at radius 2 is 1.90 bits per heavy atom. The highest BCUT2D eigenvalue weighted by atomic mass is 35.5. The Kier molecular flexibility index (Phi) is 8.48. The molecule has 50 heavy (non-hydrogen) atoms. The molecule has 0 unspecified atom stereocenters. The first-order valence-corrected chi connectivity index (χ1v) is 17.6. The van der Waals surface area contributed by atoms with Crippen molar-refractivity contribution >= 4 is 45.0 Å². The van der Waals surface area contributed by atoms with Gasteiger partial charge in [0, 0.05) is 54.0 Å². The number of benzene rings is 3. The molecule has 0 N–H and O–H groups in total. The number of halogens is 3. The van der Waals surface area contributed by atoms with E-state index in [-0.39, 0.29) is 38.2 Å². The fraction of sp³-hybridized carbons (Fsp3) is 0.421. The van der Waals surface area contributed by atoms with Crippen molar-refractivity contribution in [1.29, 1.82) is 5.26 Å². The van der Waals surface area contributed by atoms with Crippen LogP contribution >= 0.6 is 11.6 Å². The zero-order valence-corrected chi connectivity index (χ0v) is 28.3. The zero-order chi connectivity index (χ0) is 34.6. The van der Waals surface area contributed by atoms with Crippen LogP contribution in [0.3, 0.4) is 0 Å². The van der Waals surface area contributed by atoms with E-state index in [1.54, 1.807) is 0 Å². The van der Waals surface area contributed by atoms with Gasteiger partial charge < -0.3 is 19.3 Å². The highest BCUT2D eigenvalue weighted by Gasteiger charge is 2.49. The molecular formula is C38H37ClF2N6O3. The number of alkyl halides is 1. The third-order valence-corrected chi connectivity index (χ3v) is 10.9. The summed E-state index contributed by atoms with van der Waals surface area (Å²) in [5, 5.41) is 12.9. The van der Waals surface area contributed by atoms with Crippen LogP contribution in [-0.4, -0.2) is 88.9 Å². The Balaban J connectivity index is 1.27. The van der Waals surface area contributed by atoms with Gasteiger partial charge in [-0.3, -0.25) is 9.69 Å². The van der Waals surface area contributed by atoms with Gasteiger partial charge in [0.15, 0.2) is 11.6 Å². The van der Waals surface area contributed by atoms with Crippen LogP contribution in [0.2, 0.25) is 5.02 Å². The molecule has 8 rings (SSSR count). The first kappa shape index (κ1) is 32.7. The zero-order valence-electron chi connectivity index (χ0n) is 27.6. The maximum absolute atomic E-state index is 14.7. The smallest absolute Gasteiger partial charge is 0.319 e. The number of carbonyl (C=O) groups is 1. The van der Waals surface area contributed by atoms with Gasteiger partial charge in [-0.25, -0.2) is 8.78 Å². The van der Waals surface area contributed by atoms with Crippen molar-refractivity contribution in [2.75, 3.05) is 44.2 Å². The molecule has 9 nitrogen and oxygen atoms in total. The standard InChI is InChI=1S/C38H37ClF2N6O3/c1-23(40)36(48)47-18-17-45(21-26(47)13-15-42)35-30-12-11-29(28-7-2-5-24-6-3-8-31(39)32(24)28)34(50-27-9-10-27)33(30)43-37(44-35)49-22-38-14-4-16-46(38)20-25(41)19-38/h2-3,5-8,11-12,25-27H,1,4,9-10,13-14,16-22H2/t25-,26+,38+/m1/s1. The molecule has 1 saturated carbocycles. The minimum atomic E-state index is -1.06. The van der Waals surface area contributed by atoms with Crippen molar-refractivity contribution in [3.63, 3.8) is 0 Å². The molecule has 4 heterocycles. The summed E-state index contributed by atoms with van der Waals surface area (Å²) in [5.74, 6) is -0.733. The summed E-state index contributed by atoms with van der Waals surface area (Å²) in [7, 11) is 0. The van der Waals surface area contributed by atoms with Crippen molar-refractivity contribution in [3.8, 4) is 29.0 Å². The van der Waals surface area contributed by atoms with Gasteiger partial charge in [0.05, 0.1) is 30.2 Å². The van der Waals surface area contributed by atoms with E-state index in [0.717, 1.165) is 54.1 Å². The van der Waals surface area contributed by atoms with E-state index in [1.165, 1.54) is 4.90 Å². The molecular weight excluding hydrogens is 662 g/mol. The van der Waals surface area contributed by atoms with Gasteiger partial charge in [-0.2, -0.15) is 15.2 Å². The molecule has 0 bridgehead atoms. The van der Waals surface area contributed by atoms with E-state index >= 15 is 0 Å². The highest BCUT2D eigenvalue weighted by molar-refractivity contribution is 6.36. The topological polar surface area (TPSA) is 94.8 Å². The van der Waals surface area contributed by atoms with E-state index in [4.69, 9.17) is 31.0 Å². The molecule has 4 aliphatic rings. The number of rotatable bonds is 9. The Hall–Kier alpha value is -4.53. The van der Waals surface area contributed by atoms with Gasteiger partial charge in [0.25, 0.3) is 5.91 Å². The average Bonchev–Trinajstić information content (AvgIpc) is 3.77. The lowest BCUT2D eigenvalue weighted by molar-refractivity contribution is -0.131. The number of nitrogens with zero attached hydrogens (tertiary/aromatic N) is 6. The van der Waals surface area contributed by atoms with Crippen LogP contribution in [0.5, 0.6) is 11.8 Å². The minimum absolute atomic E-state index is 0.00662. The fourth-order valence-corrected chi connectivity index (χ4v) is 8.33. The monoisotopic (exact) mass is 698 g/mol. The highest BCUT2D eigenvalue weighted by Crippen LogP contribution is 2.46. The maximum Gasteiger partial charge on any atom is 0.319 e. The molecule has 0 radical (unpaired) electrons. The van der Waals surface area contributed by atoms with Gasteiger partial charge >= 0.3 is 6.01 Å². The number of piperazine rings is 1. The number of hydrogen-bond acceptors (Lipinski definition) is 8. The number of anilines is 1. The number of nitriles is 1. The summed E-state index contributed by atoms with van der Waals surface area (Å²) in [6, 6.07) is 17.5. The first-order chi connectivity index (χ1) is 24.2. The molecule has 3 atom stereocenters. The van der Waals surface area contributed by atoms with E-state index in [1.807, 2.05) is 53.4 Å². The predicted molar refractivity (Wildman–Crippen MR) is 188 cm³/mol. The molecule has 3 aliphatic heterocycles. The summed E-state index contributed by atoms with van der Waals surface area (Å²) in [4.78, 5) is 28.2. The molecule has 0 spiro atoms. The van der Waals surface area contributed by atoms with Gasteiger partial charge in [-0.1, -0.05) is 48.5 Å². The summed E-state index contributed by atoms with van der Waals surface area (Å²) in [6.07, 6.45) is 3.18. The summed E-state index contributed by atoms with van der Waals surface area (Å²) in [6.45, 7) is 5.40. The maximum atomic E-state index is 14.7. The van der Waals surface area contributed by atoms with Crippen molar-refractivity contribution in [2.45, 2.75) is 62.4 Å². The van der Waals surface area contributed by atoms with E-state index < -0.39 is 29.5 Å². The molecule has 258 valence electrons. The largest absolute Gasteiger partial charge is 0.487 e. The molecule has 1 amide bonds. The molecule has 4 fully saturated rings. The second-order valence-electron chi connectivity index (χ2n) is 13.9. The van der Waals surface area contributed by atoms with Crippen LogP contribution in [0.25, 0.3) is 32.8 Å². The number of amides is 1. The van der Waals surface area contributed by atoms with Crippen LogP contribution in [0.1, 0.15) is 38.5 Å². The lowest BCUT2D eigenvalue weighted by Gasteiger charge is -2.41. The van der Waals surface area contributed by atoms with Crippen molar-refractivity contribution < 1.29 is 23.0 Å². The normalized spacial score (nSPS) is 23.6. The number of hydrogen-bond donors (Lipinski definition) is 0. The summed E-state index contributed by atoms with van der Waals surface area (Å²) >= 11 is 6.80. The van der Waals surface area contributed by atoms with Crippen molar-refractivity contribution in [1.82, 2.24) is 19.8 Å². The molecule has 1 aromatic heterocycles. The Morgan fingerprint density at radius 3 is 2.68 bits per heavy atom. The fourth-order valence-electron chi connectivity index (χ4n) is 8.04. The van der Waals surface area contributed by atoms with Crippen molar-refractivity contribution in [2.24, 2.45) is 0 Å². The van der Waals surface area contributed by atoms with Gasteiger partial charge in [-0.05, 0) is 61.4 Å². The Morgan fingerprint density at radius 1 is 1.08 bits per heavy atom. The summed E-state index contributed by atoms with van der Waals surface area (Å²) in [5.41, 5.74) is 1.88. The first-order valence-electron chi connectivity index (χ1n) is 17.2. The van der Waals surface area contributed by atoms with Gasteiger partial charge in [0.1, 0.15) is 24.1 Å². The number of fused-ring (bicyclic) bond motifs is 3. The second kappa shape index (κ2) is 13.0. The van der Waals surface area contributed by atoms with E-state index in [9.17, 15) is 18.8 Å². The van der Waals surface area contributed by atoms with E-state index in [0.29, 0.717) is 47.0 Å². The lowest BCUT2D eigenvalue weighted by Crippen LogP contribution is -2.55. The molecule has 3 saturated heterocycles. The van der Waals surface area contributed by atoms with Crippen LogP contribution in [0, 0.1) is 11.3 Å². The number of carbonyl (C=O) groups excluding carboxylic acids is 1. The second-order valence-corrected chi connectivity index (χ2v) is 14.3. The van der Waals surface area contributed by atoms with Crippen LogP contribution < -0.4 is 14.4 Å². The molecule has 3 aromatic carbocycles. The SMILES string of the molecule is C=C(F)C(=O)N1CCN(c2nc(OC[C@@]34CCCN3C[C@H](F)C4)nc3c(OC4CC4)c(-c4cccc5cccc(Cl)c45)ccc23)C[C@@H]1CC#N. The molecule has 1 aliphatic carbocycles. The lowest BCUT2D eigenvalue weighted by atomic mass is 9.95. The summed E-state index contributed by atoms with van der Waals surface area (Å²) < 4.78 is 41.8. The Labute approximate surface area is 294 Å². The van der Waals surface area contributed by atoms with Gasteiger partial charge in [-0.15, -0.1) is 0 Å². The van der Waals surface area contributed by atoms with Crippen LogP contribution in [0.15, 0.2) is 60.9 Å². The van der Waals surface area contributed by atoms with Gasteiger partial charge in [0.2, 0.25) is 0 Å². The number of ether oxygens (including phenoxy) is 2. The molecule has 4 aromatic rings. The molecule has 12 heteroatoms. The number of aromatic nitrogens is 2. The van der Waals surface area contributed by atoms with Crippen LogP contribution in [-0.2, 0) is 4.79 Å². The van der Waals surface area contributed by atoms with E-state index in [2.05, 4.69) is 17.5 Å². The third kappa shape index (κ3) is 5.88. The van der Waals surface area contributed by atoms with Crippen LogP contribution in [0.4, 0.5) is 14.6 Å². The Bertz CT molecular complexity index is 2050. The predicted octanol–water partition coefficient (Wildman–Crippen LogP) is 7.01. The third-order valence-electron chi connectivity index (χ3n) is 10.6. The quantitative estimate of drug-likeness (QED) is 0.172. The van der Waals surface area contributed by atoms with Crippen molar-refractivity contribution in [3.05, 3.63) is 66.0 Å². The average molecular weight is 699 g/mol. The minimum Gasteiger partial charge on any atom is -0.487 e.